The molecule has 16 heavy (non-hydrogen) atoms. The molecule has 2 nitrogen and oxygen atoms in total. The predicted octanol–water partition coefficient (Wildman–Crippen LogP) is 3.34. The van der Waals surface area contributed by atoms with Crippen molar-refractivity contribution in [3.63, 3.8) is 0 Å². The summed E-state index contributed by atoms with van der Waals surface area (Å²) in [5.74, 6) is 0. The third kappa shape index (κ3) is 2.35. The Hall–Kier alpha value is -1.09. The van der Waals surface area contributed by atoms with Crippen LogP contribution >= 0.6 is 15.9 Å². The van der Waals surface area contributed by atoms with Crippen LogP contribution in [0, 0.1) is 0 Å². The van der Waals surface area contributed by atoms with Crippen molar-refractivity contribution in [2.75, 3.05) is 0 Å². The molecule has 2 aromatic rings. The van der Waals surface area contributed by atoms with E-state index in [4.69, 9.17) is 0 Å². The van der Waals surface area contributed by atoms with Gasteiger partial charge in [-0.1, -0.05) is 31.2 Å². The van der Waals surface area contributed by atoms with Gasteiger partial charge in [0.25, 0.3) is 0 Å². The topological polar surface area (TPSA) is 17.8 Å². The van der Waals surface area contributed by atoms with Gasteiger partial charge in [0, 0.05) is 13.5 Å². The van der Waals surface area contributed by atoms with Crippen LogP contribution in [0.3, 0.4) is 0 Å². The first kappa shape index (κ1) is 11.4. The van der Waals surface area contributed by atoms with E-state index in [0.717, 1.165) is 17.4 Å². The summed E-state index contributed by atoms with van der Waals surface area (Å²) in [4.78, 5) is 4.23. The fourth-order valence-corrected chi connectivity index (χ4v) is 2.22. The molecule has 0 amide bonds. The van der Waals surface area contributed by atoms with Crippen LogP contribution in [0.5, 0.6) is 0 Å². The number of hydrogen-bond donors (Lipinski definition) is 0. The van der Waals surface area contributed by atoms with Gasteiger partial charge in [-0.25, -0.2) is 4.98 Å². The van der Waals surface area contributed by atoms with Crippen molar-refractivity contribution in [1.82, 2.24) is 9.55 Å². The fourth-order valence-electron chi connectivity index (χ4n) is 1.71. The maximum Gasteiger partial charge on any atom is 0.127 e. The highest BCUT2D eigenvalue weighted by molar-refractivity contribution is 9.10. The number of aryl methyl sites for hydroxylation is 2. The van der Waals surface area contributed by atoms with Crippen molar-refractivity contribution in [2.45, 2.75) is 19.8 Å². The molecule has 1 aromatic carbocycles. The summed E-state index contributed by atoms with van der Waals surface area (Å²) < 4.78 is 2.99. The molecule has 84 valence electrons. The molecule has 0 saturated heterocycles. The van der Waals surface area contributed by atoms with Crippen molar-refractivity contribution in [1.29, 1.82) is 0 Å². The van der Waals surface area contributed by atoms with E-state index >= 15 is 0 Å². The lowest BCUT2D eigenvalue weighted by Crippen LogP contribution is -1.97. The normalized spacial score (nSPS) is 10.7. The van der Waals surface area contributed by atoms with E-state index < -0.39 is 0 Å². The number of halogens is 1. The van der Waals surface area contributed by atoms with Gasteiger partial charge >= 0.3 is 0 Å². The second-order valence-electron chi connectivity index (χ2n) is 3.94. The zero-order valence-electron chi connectivity index (χ0n) is 9.57. The molecule has 2 rings (SSSR count). The number of rotatable bonds is 3. The number of nitrogens with zero attached hydrogens (tertiary/aromatic N) is 2. The van der Waals surface area contributed by atoms with E-state index in [1.165, 1.54) is 16.8 Å². The summed E-state index contributed by atoms with van der Waals surface area (Å²) in [6.45, 7) is 2.17. The van der Waals surface area contributed by atoms with E-state index in [9.17, 15) is 0 Å². The summed E-state index contributed by atoms with van der Waals surface area (Å²) in [5.41, 5.74) is 3.92. The molecule has 3 heteroatoms. The van der Waals surface area contributed by atoms with Crippen molar-refractivity contribution in [2.24, 2.45) is 7.05 Å². The maximum atomic E-state index is 4.23. The maximum absolute atomic E-state index is 4.23. The number of benzene rings is 1. The van der Waals surface area contributed by atoms with Crippen LogP contribution in [0.2, 0.25) is 0 Å². The van der Waals surface area contributed by atoms with Crippen LogP contribution in [-0.2, 0) is 19.9 Å². The zero-order chi connectivity index (χ0) is 11.5. The highest BCUT2D eigenvalue weighted by Crippen LogP contribution is 2.18. The van der Waals surface area contributed by atoms with Crippen LogP contribution in [0.15, 0.2) is 35.2 Å². The Morgan fingerprint density at radius 1 is 1.19 bits per heavy atom. The first-order valence-corrected chi connectivity index (χ1v) is 6.23. The molecule has 0 spiro atoms. The lowest BCUT2D eigenvalue weighted by Gasteiger charge is -2.04. The number of hydrogen-bond acceptors (Lipinski definition) is 1. The quantitative estimate of drug-likeness (QED) is 0.842. The first-order chi connectivity index (χ1) is 7.70. The summed E-state index contributed by atoms with van der Waals surface area (Å²) in [6, 6.07) is 8.77. The molecule has 1 heterocycles. The molecule has 0 aliphatic rings. The van der Waals surface area contributed by atoms with Gasteiger partial charge in [0.1, 0.15) is 4.60 Å². The van der Waals surface area contributed by atoms with Gasteiger partial charge in [0.05, 0.1) is 12.0 Å². The largest absolute Gasteiger partial charge is 0.336 e. The highest BCUT2D eigenvalue weighted by atomic mass is 79.9. The molecule has 0 bridgehead atoms. The minimum Gasteiger partial charge on any atom is -0.336 e. The van der Waals surface area contributed by atoms with Crippen LogP contribution in [0.4, 0.5) is 0 Å². The molecule has 0 aliphatic carbocycles. The monoisotopic (exact) mass is 278 g/mol. The van der Waals surface area contributed by atoms with Gasteiger partial charge in [-0.05, 0) is 33.5 Å². The van der Waals surface area contributed by atoms with Crippen molar-refractivity contribution in [3.05, 3.63) is 52.0 Å². The third-order valence-corrected chi connectivity index (χ3v) is 3.47. The van der Waals surface area contributed by atoms with E-state index in [1.807, 2.05) is 13.4 Å². The SMILES string of the molecule is CCc1ccc(Cc2c(Br)ncn2C)cc1. The Morgan fingerprint density at radius 3 is 2.31 bits per heavy atom. The second-order valence-corrected chi connectivity index (χ2v) is 4.69. The molecule has 0 aliphatic heterocycles. The summed E-state index contributed by atoms with van der Waals surface area (Å²) in [5, 5.41) is 0. The number of imidazole rings is 1. The Morgan fingerprint density at radius 2 is 1.81 bits per heavy atom. The zero-order valence-corrected chi connectivity index (χ0v) is 11.2. The average molecular weight is 279 g/mol. The standard InChI is InChI=1S/C13H15BrN2/c1-3-10-4-6-11(7-5-10)8-12-13(14)15-9-16(12)2/h4-7,9H,3,8H2,1-2H3. The summed E-state index contributed by atoms with van der Waals surface area (Å²) in [7, 11) is 2.02. The lowest BCUT2D eigenvalue weighted by molar-refractivity contribution is 0.842. The van der Waals surface area contributed by atoms with Crippen molar-refractivity contribution in [3.8, 4) is 0 Å². The Kier molecular flexibility index (Phi) is 3.44. The van der Waals surface area contributed by atoms with E-state index in [-0.39, 0.29) is 0 Å². The molecule has 0 unspecified atom stereocenters. The third-order valence-electron chi connectivity index (χ3n) is 2.81. The Balaban J connectivity index is 2.20. The summed E-state index contributed by atoms with van der Waals surface area (Å²) >= 11 is 3.47. The van der Waals surface area contributed by atoms with Crippen molar-refractivity contribution >= 4 is 15.9 Å². The molecule has 0 fully saturated rings. The molecular weight excluding hydrogens is 264 g/mol. The first-order valence-electron chi connectivity index (χ1n) is 5.44. The van der Waals surface area contributed by atoms with Gasteiger partial charge in [-0.2, -0.15) is 0 Å². The molecular formula is C13H15BrN2. The molecule has 1 aromatic heterocycles. The van der Waals surface area contributed by atoms with Crippen LogP contribution in [0.1, 0.15) is 23.7 Å². The van der Waals surface area contributed by atoms with Gasteiger partial charge < -0.3 is 4.57 Å². The van der Waals surface area contributed by atoms with Gasteiger partial charge in [0.15, 0.2) is 0 Å². The van der Waals surface area contributed by atoms with Gasteiger partial charge in [-0.15, -0.1) is 0 Å². The van der Waals surface area contributed by atoms with E-state index in [0.29, 0.717) is 0 Å². The van der Waals surface area contributed by atoms with Crippen LogP contribution in [-0.4, -0.2) is 9.55 Å². The minimum absolute atomic E-state index is 0.918. The number of aromatic nitrogens is 2. The second kappa shape index (κ2) is 4.83. The molecule has 0 radical (unpaired) electrons. The van der Waals surface area contributed by atoms with Crippen LogP contribution in [0.25, 0.3) is 0 Å². The lowest BCUT2D eigenvalue weighted by atomic mass is 10.1. The van der Waals surface area contributed by atoms with Gasteiger partial charge in [-0.3, -0.25) is 0 Å². The van der Waals surface area contributed by atoms with E-state index in [2.05, 4.69) is 56.7 Å². The van der Waals surface area contributed by atoms with E-state index in [1.54, 1.807) is 0 Å². The summed E-state index contributed by atoms with van der Waals surface area (Å²) in [6.07, 6.45) is 3.84. The molecule has 0 saturated carbocycles. The predicted molar refractivity (Wildman–Crippen MR) is 69.5 cm³/mol. The Labute approximate surface area is 104 Å². The Bertz CT molecular complexity index is 452. The smallest absolute Gasteiger partial charge is 0.127 e. The molecule has 0 atom stereocenters. The minimum atomic E-state index is 0.918. The van der Waals surface area contributed by atoms with Crippen LogP contribution < -0.4 is 0 Å². The average Bonchev–Trinajstić information content (AvgIpc) is 2.62. The fraction of sp³-hybridized carbons (Fsp3) is 0.308. The highest BCUT2D eigenvalue weighted by Gasteiger charge is 2.06. The van der Waals surface area contributed by atoms with Crippen molar-refractivity contribution < 1.29 is 0 Å². The molecule has 0 N–H and O–H groups in total. The van der Waals surface area contributed by atoms with Gasteiger partial charge in [0.2, 0.25) is 0 Å².